The van der Waals surface area contributed by atoms with E-state index in [0.717, 1.165) is 0 Å². The van der Waals surface area contributed by atoms with E-state index in [4.69, 9.17) is 18.9 Å². The first-order chi connectivity index (χ1) is 8.86. The summed E-state index contributed by atoms with van der Waals surface area (Å²) in [4.78, 5) is 0. The maximum Gasteiger partial charge on any atom is 0.0736 e. The van der Waals surface area contributed by atoms with Crippen LogP contribution in [0.2, 0.25) is 0 Å². The van der Waals surface area contributed by atoms with Gasteiger partial charge >= 0.3 is 0 Å². The summed E-state index contributed by atoms with van der Waals surface area (Å²) in [5.74, 6) is 0. The molecule has 1 aliphatic heterocycles. The minimum atomic E-state index is 0.606. The first-order valence-electron chi connectivity index (χ1n) is 6.31. The van der Waals surface area contributed by atoms with Crippen LogP contribution in [0.5, 0.6) is 0 Å². The summed E-state index contributed by atoms with van der Waals surface area (Å²) in [7, 11) is 2.01. The lowest BCUT2D eigenvalue weighted by molar-refractivity contribution is -0.00973. The van der Waals surface area contributed by atoms with E-state index in [9.17, 15) is 0 Å². The molecular weight excluding hydrogens is 234 g/mol. The van der Waals surface area contributed by atoms with Gasteiger partial charge in [0.15, 0.2) is 0 Å². The molecule has 0 spiro atoms. The van der Waals surface area contributed by atoms with Gasteiger partial charge in [-0.3, -0.25) is 0 Å². The zero-order valence-electron chi connectivity index (χ0n) is 10.9. The van der Waals surface area contributed by atoms with Crippen molar-refractivity contribution < 1.29 is 18.9 Å². The normalized spacial score (nSPS) is 20.1. The van der Waals surface area contributed by atoms with Gasteiger partial charge in [0.1, 0.15) is 0 Å². The van der Waals surface area contributed by atoms with Crippen molar-refractivity contribution in [1.82, 2.24) is 4.57 Å². The van der Waals surface area contributed by atoms with Crippen LogP contribution in [-0.4, -0.2) is 44.2 Å². The zero-order chi connectivity index (χ0) is 12.6. The molecule has 1 aliphatic rings. The molecule has 0 amide bonds. The molecule has 0 N–H and O–H groups in total. The molecule has 0 saturated heterocycles. The van der Waals surface area contributed by atoms with E-state index in [1.165, 1.54) is 11.1 Å². The van der Waals surface area contributed by atoms with Crippen molar-refractivity contribution in [3.63, 3.8) is 0 Å². The van der Waals surface area contributed by atoms with E-state index < -0.39 is 0 Å². The van der Waals surface area contributed by atoms with Crippen LogP contribution in [0.4, 0.5) is 0 Å². The van der Waals surface area contributed by atoms with Gasteiger partial charge in [-0.15, -0.1) is 0 Å². The van der Waals surface area contributed by atoms with Crippen LogP contribution < -0.4 is 0 Å². The van der Waals surface area contributed by atoms with Gasteiger partial charge in [0, 0.05) is 30.6 Å². The Morgan fingerprint density at radius 3 is 1.56 bits per heavy atom. The van der Waals surface area contributed by atoms with E-state index in [0.29, 0.717) is 52.9 Å². The van der Waals surface area contributed by atoms with Crippen molar-refractivity contribution in [3.05, 3.63) is 23.5 Å². The van der Waals surface area contributed by atoms with Gasteiger partial charge in [0.25, 0.3) is 0 Å². The average molecular weight is 255 g/mol. The third-order valence-corrected chi connectivity index (χ3v) is 2.76. The third-order valence-electron chi connectivity index (χ3n) is 2.76. The molecule has 5 nitrogen and oxygen atoms in total. The highest BCUT2D eigenvalue weighted by Gasteiger charge is 2.06. The Kier molecular flexibility index (Phi) is 5.67. The zero-order valence-corrected chi connectivity index (χ0v) is 10.9. The Morgan fingerprint density at radius 2 is 1.11 bits per heavy atom. The Balaban J connectivity index is 1.90. The second-order valence-electron chi connectivity index (χ2n) is 4.30. The minimum Gasteiger partial charge on any atom is -0.377 e. The number of aromatic nitrogens is 1. The SMILES string of the molecule is Cn1cc2c(c1)COCCOCCOCCOC2. The topological polar surface area (TPSA) is 41.9 Å². The predicted octanol–water partition coefficient (Wildman–Crippen LogP) is 1.11. The number of rotatable bonds is 0. The molecule has 2 heterocycles. The quantitative estimate of drug-likeness (QED) is 0.696. The maximum absolute atomic E-state index is 5.58. The van der Waals surface area contributed by atoms with Crippen molar-refractivity contribution in [2.75, 3.05) is 39.6 Å². The third kappa shape index (κ3) is 4.42. The summed E-state index contributed by atoms with van der Waals surface area (Å²) >= 11 is 0. The fourth-order valence-electron chi connectivity index (χ4n) is 1.88. The average Bonchev–Trinajstić information content (AvgIpc) is 2.71. The summed E-state index contributed by atoms with van der Waals surface area (Å²) in [5.41, 5.74) is 2.35. The molecule has 0 atom stereocenters. The first kappa shape index (κ1) is 13.5. The first-order valence-corrected chi connectivity index (χ1v) is 6.31. The number of fused-ring (bicyclic) bond motifs is 1. The van der Waals surface area contributed by atoms with Gasteiger partial charge in [-0.1, -0.05) is 0 Å². The van der Waals surface area contributed by atoms with Crippen LogP contribution in [0, 0.1) is 0 Å². The predicted molar refractivity (Wildman–Crippen MR) is 66.4 cm³/mol. The lowest BCUT2D eigenvalue weighted by Gasteiger charge is -2.10. The van der Waals surface area contributed by atoms with Crippen LogP contribution in [0.1, 0.15) is 11.1 Å². The largest absolute Gasteiger partial charge is 0.377 e. The van der Waals surface area contributed by atoms with Gasteiger partial charge in [0.05, 0.1) is 52.9 Å². The van der Waals surface area contributed by atoms with Gasteiger partial charge < -0.3 is 23.5 Å². The number of aryl methyl sites for hydroxylation is 1. The second kappa shape index (κ2) is 7.53. The van der Waals surface area contributed by atoms with Crippen LogP contribution in [-0.2, 0) is 39.2 Å². The van der Waals surface area contributed by atoms with Crippen LogP contribution in [0.25, 0.3) is 0 Å². The summed E-state index contributed by atoms with van der Waals surface area (Å²) in [6, 6.07) is 0. The molecule has 0 saturated carbocycles. The van der Waals surface area contributed by atoms with E-state index >= 15 is 0 Å². The van der Waals surface area contributed by atoms with E-state index in [1.54, 1.807) is 0 Å². The Bertz CT molecular complexity index is 319. The molecule has 1 aromatic heterocycles. The number of hydrogen-bond acceptors (Lipinski definition) is 4. The van der Waals surface area contributed by atoms with Crippen molar-refractivity contribution in [3.8, 4) is 0 Å². The van der Waals surface area contributed by atoms with Gasteiger partial charge in [-0.25, -0.2) is 0 Å². The highest BCUT2D eigenvalue weighted by atomic mass is 16.6. The highest BCUT2D eigenvalue weighted by molar-refractivity contribution is 5.22. The minimum absolute atomic E-state index is 0.606. The van der Waals surface area contributed by atoms with E-state index in [2.05, 4.69) is 12.4 Å². The smallest absolute Gasteiger partial charge is 0.0736 e. The molecular formula is C13H21NO4. The standard InChI is InChI=1S/C13H21NO4/c1-14-8-12-10-17-6-4-15-2-3-16-5-7-18-11-13(12)9-14/h8-9H,2-7,10-11H2,1H3. The summed E-state index contributed by atoms with van der Waals surface area (Å²) in [5, 5.41) is 0. The lowest BCUT2D eigenvalue weighted by Crippen LogP contribution is -2.13. The molecule has 0 unspecified atom stereocenters. The maximum atomic E-state index is 5.58. The molecule has 0 aromatic carbocycles. The Labute approximate surface area is 108 Å². The molecule has 0 fully saturated rings. The lowest BCUT2D eigenvalue weighted by atomic mass is 10.2. The number of nitrogens with zero attached hydrogens (tertiary/aromatic N) is 1. The van der Waals surface area contributed by atoms with Crippen LogP contribution in [0.15, 0.2) is 12.4 Å². The van der Waals surface area contributed by atoms with Gasteiger partial charge in [0.2, 0.25) is 0 Å². The molecule has 18 heavy (non-hydrogen) atoms. The van der Waals surface area contributed by atoms with Crippen molar-refractivity contribution in [1.29, 1.82) is 0 Å². The molecule has 102 valence electrons. The van der Waals surface area contributed by atoms with Crippen LogP contribution >= 0.6 is 0 Å². The molecule has 0 radical (unpaired) electrons. The number of hydrogen-bond donors (Lipinski definition) is 0. The summed E-state index contributed by atoms with van der Waals surface area (Å²) in [6.07, 6.45) is 4.14. The Hall–Kier alpha value is -0.880. The van der Waals surface area contributed by atoms with E-state index in [1.807, 2.05) is 11.6 Å². The van der Waals surface area contributed by atoms with Gasteiger partial charge in [-0.05, 0) is 0 Å². The Morgan fingerprint density at radius 1 is 0.722 bits per heavy atom. The highest BCUT2D eigenvalue weighted by Crippen LogP contribution is 2.13. The fraction of sp³-hybridized carbons (Fsp3) is 0.692. The van der Waals surface area contributed by atoms with Crippen molar-refractivity contribution >= 4 is 0 Å². The second-order valence-corrected chi connectivity index (χ2v) is 4.30. The molecule has 1 aromatic rings. The van der Waals surface area contributed by atoms with Crippen molar-refractivity contribution in [2.24, 2.45) is 7.05 Å². The molecule has 2 rings (SSSR count). The van der Waals surface area contributed by atoms with E-state index in [-0.39, 0.29) is 0 Å². The molecule has 0 aliphatic carbocycles. The summed E-state index contributed by atoms with van der Waals surface area (Å²) in [6.45, 7) is 4.88. The van der Waals surface area contributed by atoms with Crippen LogP contribution in [0.3, 0.4) is 0 Å². The monoisotopic (exact) mass is 255 g/mol. The number of ether oxygens (including phenoxy) is 4. The van der Waals surface area contributed by atoms with Crippen molar-refractivity contribution in [2.45, 2.75) is 13.2 Å². The fourth-order valence-corrected chi connectivity index (χ4v) is 1.88. The molecule has 5 heteroatoms. The molecule has 0 bridgehead atoms. The summed E-state index contributed by atoms with van der Waals surface area (Å²) < 4.78 is 23.9. The van der Waals surface area contributed by atoms with Gasteiger partial charge in [-0.2, -0.15) is 0 Å².